The number of aryl methyl sites for hydroxylation is 2. The minimum atomic E-state index is 0.168. The van der Waals surface area contributed by atoms with Crippen LogP contribution in [0, 0.1) is 11.8 Å². The van der Waals surface area contributed by atoms with Gasteiger partial charge in [-0.25, -0.2) is 0 Å². The molecule has 5 heteroatoms. The molecule has 0 atom stereocenters. The Morgan fingerprint density at radius 2 is 1.94 bits per heavy atom. The summed E-state index contributed by atoms with van der Waals surface area (Å²) in [6.07, 6.45) is 6.85. The fourth-order valence-electron chi connectivity index (χ4n) is 5.45. The number of methoxy groups -OCH3 is 1. The minimum Gasteiger partial charge on any atom is -0.496 e. The fraction of sp³-hybridized carbons (Fsp3) is 0.516. The maximum Gasteiger partial charge on any atom is 0.225 e. The third-order valence-corrected chi connectivity index (χ3v) is 8.00. The van der Waals surface area contributed by atoms with Crippen LogP contribution in [0.5, 0.6) is 11.5 Å². The van der Waals surface area contributed by atoms with Gasteiger partial charge in [-0.1, -0.05) is 37.1 Å². The van der Waals surface area contributed by atoms with Crippen molar-refractivity contribution >= 4 is 11.5 Å². The number of carbonyl (C=O) groups is 1. The average molecular weight is 489 g/mol. The summed E-state index contributed by atoms with van der Waals surface area (Å²) < 4.78 is 11.8. The molecule has 0 bridgehead atoms. The molecule has 1 amide bonds. The molecule has 2 aliphatic carbocycles. The van der Waals surface area contributed by atoms with Gasteiger partial charge in [0.05, 0.1) is 13.0 Å². The number of hydrogen-bond donors (Lipinski definition) is 1. The second-order valence-electron chi connectivity index (χ2n) is 10.8. The molecule has 0 radical (unpaired) electrons. The van der Waals surface area contributed by atoms with Gasteiger partial charge in [-0.2, -0.15) is 0 Å². The number of fused-ring (bicyclic) bond motifs is 1. The van der Waals surface area contributed by atoms with Crippen LogP contribution in [0.3, 0.4) is 0 Å². The lowest BCUT2D eigenvalue weighted by molar-refractivity contribution is -0.130. The molecule has 0 spiro atoms. The van der Waals surface area contributed by atoms with E-state index in [1.54, 1.807) is 7.11 Å². The second-order valence-corrected chi connectivity index (χ2v) is 10.8. The summed E-state index contributed by atoms with van der Waals surface area (Å²) in [5.74, 6) is 2.97. The number of benzene rings is 2. The quantitative estimate of drug-likeness (QED) is 0.460. The third-order valence-electron chi connectivity index (χ3n) is 8.00. The highest BCUT2D eigenvalue weighted by Crippen LogP contribution is 2.35. The van der Waals surface area contributed by atoms with E-state index in [9.17, 15) is 4.79 Å². The van der Waals surface area contributed by atoms with Crippen molar-refractivity contribution in [3.63, 3.8) is 0 Å². The van der Waals surface area contributed by atoms with Crippen LogP contribution in [0.2, 0.25) is 0 Å². The molecule has 0 aromatic heterocycles. The van der Waals surface area contributed by atoms with E-state index in [1.807, 2.05) is 0 Å². The van der Waals surface area contributed by atoms with Crippen molar-refractivity contribution in [3.8, 4) is 11.5 Å². The summed E-state index contributed by atoms with van der Waals surface area (Å²) in [5.41, 5.74) is 7.96. The van der Waals surface area contributed by atoms with E-state index in [-0.39, 0.29) is 11.8 Å². The Morgan fingerprint density at radius 1 is 1.11 bits per heavy atom. The molecule has 5 nitrogen and oxygen atoms in total. The lowest BCUT2D eigenvalue weighted by Gasteiger charge is -2.39. The first-order chi connectivity index (χ1) is 17.5. The lowest BCUT2D eigenvalue weighted by Crippen LogP contribution is -2.54. The number of allylic oxidation sites excluding steroid dienone is 1. The first-order valence-electron chi connectivity index (χ1n) is 13.6. The van der Waals surface area contributed by atoms with Gasteiger partial charge in [0.25, 0.3) is 0 Å². The van der Waals surface area contributed by atoms with E-state index in [4.69, 9.17) is 9.47 Å². The van der Waals surface area contributed by atoms with Crippen LogP contribution >= 0.6 is 0 Å². The normalized spacial score (nSPS) is 18.0. The Labute approximate surface area is 215 Å². The Balaban J connectivity index is 1.16. The zero-order chi connectivity index (χ0) is 25.1. The Bertz CT molecular complexity index is 1130. The van der Waals surface area contributed by atoms with Crippen molar-refractivity contribution in [2.45, 2.75) is 59.0 Å². The van der Waals surface area contributed by atoms with Gasteiger partial charge in [-0.15, -0.1) is 0 Å². The van der Waals surface area contributed by atoms with Crippen LogP contribution in [0.15, 0.2) is 42.0 Å². The second kappa shape index (κ2) is 11.1. The molecule has 2 fully saturated rings. The monoisotopic (exact) mass is 488 g/mol. The maximum atomic E-state index is 12.3. The number of likely N-dealkylation sites (tertiary alicyclic amines) is 1. The van der Waals surface area contributed by atoms with Gasteiger partial charge in [0.1, 0.15) is 18.1 Å². The first-order valence-corrected chi connectivity index (χ1v) is 13.6. The van der Waals surface area contributed by atoms with Gasteiger partial charge < -0.3 is 14.8 Å². The molecule has 192 valence electrons. The van der Waals surface area contributed by atoms with Crippen molar-refractivity contribution in [1.82, 2.24) is 10.2 Å². The first kappa shape index (κ1) is 24.9. The Morgan fingerprint density at radius 3 is 2.69 bits per heavy atom. The van der Waals surface area contributed by atoms with Crippen LogP contribution in [-0.4, -0.2) is 44.1 Å². The van der Waals surface area contributed by atoms with Gasteiger partial charge in [0.15, 0.2) is 0 Å². The molecular formula is C31H40N2O3. The molecule has 2 aromatic rings. The topological polar surface area (TPSA) is 50.8 Å². The molecule has 2 aromatic carbocycles. The molecule has 3 aliphatic rings. The van der Waals surface area contributed by atoms with Gasteiger partial charge in [0.2, 0.25) is 5.91 Å². The van der Waals surface area contributed by atoms with Crippen LogP contribution < -0.4 is 14.8 Å². The van der Waals surface area contributed by atoms with Crippen LogP contribution in [0.4, 0.5) is 0 Å². The molecule has 36 heavy (non-hydrogen) atoms. The highest BCUT2D eigenvalue weighted by molar-refractivity contribution is 5.80. The van der Waals surface area contributed by atoms with E-state index in [0.717, 1.165) is 74.8 Å². The number of nitrogens with zero attached hydrogens (tertiary/aromatic N) is 1. The minimum absolute atomic E-state index is 0.168. The van der Waals surface area contributed by atoms with E-state index < -0.39 is 0 Å². The zero-order valence-corrected chi connectivity index (χ0v) is 22.1. The standard InChI is InChI=1S/C31H40N2O3/c1-4-5-22-8-9-26(30(14-22)35-3)20-36-28-12-13-29-21(2)25(11-10-24(29)15-28)17-33-18-27(19-33)31(34)32-16-23-6-7-23/h8-9,12-15,23,27H,4-7,10-11,16-20H2,1-3H3,(H,32,34). The fourth-order valence-corrected chi connectivity index (χ4v) is 5.45. The third kappa shape index (κ3) is 5.78. The molecular weight excluding hydrogens is 448 g/mol. The molecule has 1 saturated carbocycles. The van der Waals surface area contributed by atoms with Gasteiger partial charge in [-0.05, 0) is 85.4 Å². The van der Waals surface area contributed by atoms with Crippen LogP contribution in [0.25, 0.3) is 5.57 Å². The number of ether oxygens (including phenoxy) is 2. The van der Waals surface area contributed by atoms with E-state index >= 15 is 0 Å². The molecule has 1 heterocycles. The number of rotatable bonds is 11. The van der Waals surface area contributed by atoms with E-state index in [2.05, 4.69) is 60.5 Å². The van der Waals surface area contributed by atoms with Crippen molar-refractivity contribution in [3.05, 3.63) is 64.2 Å². The Hall–Kier alpha value is -2.79. The maximum absolute atomic E-state index is 12.3. The van der Waals surface area contributed by atoms with Crippen molar-refractivity contribution < 1.29 is 14.3 Å². The summed E-state index contributed by atoms with van der Waals surface area (Å²) in [4.78, 5) is 14.7. The SMILES string of the molecule is CCCc1ccc(COc2ccc3c(c2)CCC(CN2CC(C(=O)NCC4CC4)C2)=C3C)c(OC)c1. The van der Waals surface area contributed by atoms with Gasteiger partial charge in [-0.3, -0.25) is 9.69 Å². The molecule has 5 rings (SSSR count). The van der Waals surface area contributed by atoms with Crippen molar-refractivity contribution in [1.29, 1.82) is 0 Å². The average Bonchev–Trinajstić information content (AvgIpc) is 3.69. The van der Waals surface area contributed by atoms with Gasteiger partial charge >= 0.3 is 0 Å². The Kier molecular flexibility index (Phi) is 7.66. The summed E-state index contributed by atoms with van der Waals surface area (Å²) in [6, 6.07) is 12.9. The molecule has 1 aliphatic heterocycles. The number of nitrogens with one attached hydrogen (secondary N) is 1. The van der Waals surface area contributed by atoms with Crippen molar-refractivity contribution in [2.24, 2.45) is 11.8 Å². The predicted octanol–water partition coefficient (Wildman–Crippen LogP) is 5.40. The lowest BCUT2D eigenvalue weighted by atomic mass is 9.85. The number of hydrogen-bond acceptors (Lipinski definition) is 4. The molecule has 1 N–H and O–H groups in total. The summed E-state index contributed by atoms with van der Waals surface area (Å²) >= 11 is 0. The highest BCUT2D eigenvalue weighted by Gasteiger charge is 2.34. The van der Waals surface area contributed by atoms with Crippen LogP contribution in [-0.2, 0) is 24.2 Å². The zero-order valence-electron chi connectivity index (χ0n) is 22.1. The van der Waals surface area contributed by atoms with Gasteiger partial charge in [0, 0.05) is 31.7 Å². The number of carbonyl (C=O) groups excluding carboxylic acids is 1. The van der Waals surface area contributed by atoms with Crippen LogP contribution in [0.1, 0.15) is 61.8 Å². The summed E-state index contributed by atoms with van der Waals surface area (Å²) in [6.45, 7) is 8.56. The smallest absolute Gasteiger partial charge is 0.225 e. The molecule has 0 unspecified atom stereocenters. The summed E-state index contributed by atoms with van der Waals surface area (Å²) in [7, 11) is 1.73. The largest absolute Gasteiger partial charge is 0.496 e. The van der Waals surface area contributed by atoms with Crippen molar-refractivity contribution in [2.75, 3.05) is 33.3 Å². The number of amides is 1. The summed E-state index contributed by atoms with van der Waals surface area (Å²) in [5, 5.41) is 3.14. The highest BCUT2D eigenvalue weighted by atomic mass is 16.5. The van der Waals surface area contributed by atoms with E-state index in [0.29, 0.717) is 6.61 Å². The van der Waals surface area contributed by atoms with E-state index in [1.165, 1.54) is 40.7 Å². The molecule has 1 saturated heterocycles. The predicted molar refractivity (Wildman–Crippen MR) is 144 cm³/mol.